The quantitative estimate of drug-likeness (QED) is 0.660. The van der Waals surface area contributed by atoms with Gasteiger partial charge in [-0.1, -0.05) is 0 Å². The van der Waals surface area contributed by atoms with Crippen LogP contribution in [0.3, 0.4) is 0 Å². The van der Waals surface area contributed by atoms with Gasteiger partial charge in [0.05, 0.1) is 0 Å². The molecule has 0 aliphatic rings. The third-order valence-electron chi connectivity index (χ3n) is 1.08. The summed E-state index contributed by atoms with van der Waals surface area (Å²) in [7, 11) is 0. The molecule has 0 unspecified atom stereocenters. The number of thioether (sulfide) groups is 1. The van der Waals surface area contributed by atoms with Crippen molar-refractivity contribution in [2.75, 3.05) is 5.75 Å². The fourth-order valence-electron chi connectivity index (χ4n) is 0.599. The van der Waals surface area contributed by atoms with E-state index >= 15 is 0 Å². The van der Waals surface area contributed by atoms with Crippen LogP contribution in [0, 0.1) is 5.92 Å². The Bertz CT molecular complexity index is 119. The molecule has 66 valence electrons. The van der Waals surface area contributed by atoms with Gasteiger partial charge in [-0.2, -0.15) is 0 Å². The molecule has 0 bridgehead atoms. The van der Waals surface area contributed by atoms with Crippen LogP contribution in [0.25, 0.3) is 0 Å². The molecule has 0 aliphatic heterocycles. The molecule has 0 aliphatic carbocycles. The first-order valence-electron chi connectivity index (χ1n) is 4.12. The van der Waals surface area contributed by atoms with Gasteiger partial charge in [-0.15, -0.1) is 0 Å². The summed E-state index contributed by atoms with van der Waals surface area (Å²) in [6.45, 7) is 8.97. The molecule has 0 aromatic heterocycles. The van der Waals surface area contributed by atoms with Gasteiger partial charge in [0.1, 0.15) is 0 Å². The van der Waals surface area contributed by atoms with Crippen molar-refractivity contribution in [3.8, 4) is 0 Å². The predicted octanol–water partition coefficient (Wildman–Crippen LogP) is 3.38. The third kappa shape index (κ3) is 6.99. The normalized spacial score (nSPS) is 12.6. The number of rotatable bonds is 5. The van der Waals surface area contributed by atoms with Gasteiger partial charge in [-0.3, -0.25) is 0 Å². The van der Waals surface area contributed by atoms with Crippen LogP contribution in [0.4, 0.5) is 0 Å². The van der Waals surface area contributed by atoms with Crippen molar-refractivity contribution < 1.29 is 0 Å². The molecule has 0 saturated heterocycles. The van der Waals surface area contributed by atoms with Crippen molar-refractivity contribution in [2.45, 2.75) is 33.0 Å². The Hall–Kier alpha value is 0.609. The van der Waals surface area contributed by atoms with Crippen molar-refractivity contribution in [1.29, 1.82) is 0 Å². The summed E-state index contributed by atoms with van der Waals surface area (Å²) in [5.41, 5.74) is 0. The number of hydrogen-bond acceptors (Lipinski definition) is 1. The fourth-order valence-corrected chi connectivity index (χ4v) is 4.15. The van der Waals surface area contributed by atoms with E-state index in [4.69, 9.17) is 0 Å². The minimum absolute atomic E-state index is 0.740. The number of allylic oxidation sites excluding steroid dienone is 1. The topological polar surface area (TPSA) is 0 Å². The van der Waals surface area contributed by atoms with Gasteiger partial charge in [0.15, 0.2) is 0 Å². The van der Waals surface area contributed by atoms with Crippen molar-refractivity contribution in [2.24, 2.45) is 5.92 Å². The first kappa shape index (κ1) is 11.6. The zero-order chi connectivity index (χ0) is 8.69. The Kier molecular flexibility index (Phi) is 7.67. The van der Waals surface area contributed by atoms with E-state index < -0.39 is 0 Å². The van der Waals surface area contributed by atoms with Gasteiger partial charge in [0, 0.05) is 0 Å². The maximum atomic E-state index is 2.30. The summed E-state index contributed by atoms with van der Waals surface area (Å²) >= 11 is 2.75. The summed E-state index contributed by atoms with van der Waals surface area (Å²) in [5, 5.41) is 1.39. The van der Waals surface area contributed by atoms with Crippen LogP contribution in [-0.2, 0) is 0 Å². The van der Waals surface area contributed by atoms with Gasteiger partial charge in [0.25, 0.3) is 0 Å². The third-order valence-corrected chi connectivity index (χ3v) is 6.08. The second-order valence-electron chi connectivity index (χ2n) is 2.75. The summed E-state index contributed by atoms with van der Waals surface area (Å²) in [5.74, 6) is 2.09. The molecule has 0 aromatic rings. The molecular formula is C9H18SSe. The first-order valence-corrected chi connectivity index (χ1v) is 7.18. The van der Waals surface area contributed by atoms with Gasteiger partial charge in [-0.05, 0) is 0 Å². The molecule has 0 nitrogen and oxygen atoms in total. The Labute approximate surface area is 81.4 Å². The first-order chi connectivity index (χ1) is 5.20. The Morgan fingerprint density at radius 2 is 2.18 bits per heavy atom. The molecule has 2 heteroatoms. The van der Waals surface area contributed by atoms with E-state index in [2.05, 4.69) is 33.8 Å². The zero-order valence-electron chi connectivity index (χ0n) is 7.89. The molecule has 0 heterocycles. The van der Waals surface area contributed by atoms with Gasteiger partial charge in [-0.25, -0.2) is 0 Å². The van der Waals surface area contributed by atoms with Crippen LogP contribution in [0.5, 0.6) is 0 Å². The van der Waals surface area contributed by atoms with Gasteiger partial charge in [0.2, 0.25) is 0 Å². The summed E-state index contributed by atoms with van der Waals surface area (Å²) < 4.78 is 1.62. The predicted molar refractivity (Wildman–Crippen MR) is 57.3 cm³/mol. The molecule has 0 rings (SSSR count). The Morgan fingerprint density at radius 1 is 1.55 bits per heavy atom. The van der Waals surface area contributed by atoms with E-state index in [1.54, 1.807) is 3.80 Å². The fraction of sp³-hybridized carbons (Fsp3) is 0.778. The second kappa shape index (κ2) is 7.27. The molecule has 11 heavy (non-hydrogen) atoms. The van der Waals surface area contributed by atoms with E-state index in [1.165, 1.54) is 11.1 Å². The molecule has 0 amide bonds. The molecule has 0 radical (unpaired) electrons. The monoisotopic (exact) mass is 238 g/mol. The van der Waals surface area contributed by atoms with Crippen molar-refractivity contribution in [1.82, 2.24) is 0 Å². The van der Waals surface area contributed by atoms with Crippen LogP contribution in [0.1, 0.15) is 27.7 Å². The van der Waals surface area contributed by atoms with Gasteiger partial charge >= 0.3 is 81.3 Å². The van der Waals surface area contributed by atoms with Crippen LogP contribution < -0.4 is 0 Å². The summed E-state index contributed by atoms with van der Waals surface area (Å²) in [6.07, 6.45) is 2.27. The van der Waals surface area contributed by atoms with E-state index in [0.717, 1.165) is 20.9 Å². The number of hydrogen-bond donors (Lipinski definition) is 0. The Balaban J connectivity index is 3.53. The SMILES string of the molecule is C/C=C(/SCC)[Se]CC(C)C. The molecular weight excluding hydrogens is 219 g/mol. The minimum atomic E-state index is 0.740. The Morgan fingerprint density at radius 3 is 2.55 bits per heavy atom. The summed E-state index contributed by atoms with van der Waals surface area (Å²) in [4.78, 5) is 0. The van der Waals surface area contributed by atoms with Crippen LogP contribution >= 0.6 is 11.8 Å². The van der Waals surface area contributed by atoms with Crippen LogP contribution in [-0.4, -0.2) is 20.7 Å². The molecule has 0 atom stereocenters. The van der Waals surface area contributed by atoms with Gasteiger partial charge < -0.3 is 0 Å². The van der Waals surface area contributed by atoms with E-state index in [9.17, 15) is 0 Å². The van der Waals surface area contributed by atoms with Crippen LogP contribution in [0.2, 0.25) is 5.32 Å². The average Bonchev–Trinajstić information content (AvgIpc) is 1.97. The standard InChI is InChI=1S/C9H18SSe/c1-5-9(10-6-2)11-7-8(3)4/h5,8H,6-7H2,1-4H3/b9-5-. The molecule has 0 saturated carbocycles. The van der Waals surface area contributed by atoms with Crippen molar-refractivity contribution in [3.05, 3.63) is 9.88 Å². The molecule has 0 N–H and O–H groups in total. The van der Waals surface area contributed by atoms with Crippen molar-refractivity contribution in [3.63, 3.8) is 0 Å². The summed E-state index contributed by atoms with van der Waals surface area (Å²) in [6, 6.07) is 0. The van der Waals surface area contributed by atoms with E-state index in [0.29, 0.717) is 0 Å². The second-order valence-corrected chi connectivity index (χ2v) is 6.86. The van der Waals surface area contributed by atoms with E-state index in [-0.39, 0.29) is 0 Å². The van der Waals surface area contributed by atoms with Crippen LogP contribution in [0.15, 0.2) is 9.88 Å². The molecule has 0 aromatic carbocycles. The average molecular weight is 237 g/mol. The maximum absolute atomic E-state index is 2.30. The zero-order valence-corrected chi connectivity index (χ0v) is 10.4. The molecule has 0 fully saturated rings. The molecule has 0 spiro atoms. The van der Waals surface area contributed by atoms with E-state index in [1.807, 2.05) is 11.8 Å². The van der Waals surface area contributed by atoms with Crippen molar-refractivity contribution >= 4 is 26.7 Å².